The Morgan fingerprint density at radius 3 is 1.89 bits per heavy atom. The molecule has 0 heterocycles. The van der Waals surface area contributed by atoms with Gasteiger partial charge in [-0.1, -0.05) is 63.2 Å². The Morgan fingerprint density at radius 2 is 1.34 bits per heavy atom. The van der Waals surface area contributed by atoms with E-state index in [1.54, 1.807) is 18.2 Å². The maximum Gasteiger partial charge on any atom is 0.423 e. The topological polar surface area (TPSA) is 38.7 Å². The minimum atomic E-state index is -5.13. The Hall–Kier alpha value is -3.04. The molecule has 3 aromatic carbocycles. The summed E-state index contributed by atoms with van der Waals surface area (Å²) in [5.74, 6) is -5.62. The highest BCUT2D eigenvalue weighted by Crippen LogP contribution is 2.40. The molecule has 1 atom stereocenters. The zero-order valence-corrected chi connectivity index (χ0v) is 19.2. The molecule has 0 bridgehead atoms. The largest absolute Gasteiger partial charge is 0.454 e. The summed E-state index contributed by atoms with van der Waals surface area (Å²) >= 11 is 0. The fourth-order valence-electron chi connectivity index (χ4n) is 3.31. The number of hydrogen-bond acceptors (Lipinski definition) is 3. The number of para-hydroxylation sites is 1. The van der Waals surface area contributed by atoms with Crippen LogP contribution in [0.15, 0.2) is 60.7 Å². The van der Waals surface area contributed by atoms with Crippen LogP contribution >= 0.6 is 0 Å². The van der Waals surface area contributed by atoms with E-state index >= 15 is 0 Å². The molecule has 0 radical (unpaired) electrons. The summed E-state index contributed by atoms with van der Waals surface area (Å²) in [5.41, 5.74) is -4.04. The smallest absolute Gasteiger partial charge is 0.423 e. The fraction of sp³-hybridized carbons (Fsp3) is 0.308. The van der Waals surface area contributed by atoms with Crippen molar-refractivity contribution < 1.29 is 40.9 Å². The van der Waals surface area contributed by atoms with Crippen LogP contribution in [-0.4, -0.2) is 17.9 Å². The zero-order chi connectivity index (χ0) is 26.0. The van der Waals surface area contributed by atoms with Gasteiger partial charge in [-0.2, -0.15) is 17.6 Å². The van der Waals surface area contributed by atoms with Gasteiger partial charge in [0.1, 0.15) is 5.75 Å². The van der Waals surface area contributed by atoms with Crippen LogP contribution in [0.2, 0.25) is 0 Å². The lowest BCUT2D eigenvalue weighted by Crippen LogP contribution is -2.46. The van der Waals surface area contributed by atoms with Crippen LogP contribution in [0.25, 0.3) is 0 Å². The Kier molecular flexibility index (Phi) is 7.52. The monoisotopic (exact) mass is 498 g/mol. The van der Waals surface area contributed by atoms with Gasteiger partial charge in [-0.15, -0.1) is 0 Å². The van der Waals surface area contributed by atoms with Crippen molar-refractivity contribution in [2.24, 2.45) is 0 Å². The predicted octanol–water partition coefficient (Wildman–Crippen LogP) is 7.16. The molecule has 1 unspecified atom stereocenters. The fourth-order valence-corrected chi connectivity index (χ4v) is 3.31. The first-order chi connectivity index (χ1) is 16.2. The van der Waals surface area contributed by atoms with Gasteiger partial charge in [0.05, 0.1) is 13.2 Å². The summed E-state index contributed by atoms with van der Waals surface area (Å²) in [6.45, 7) is 3.46. The Morgan fingerprint density at radius 1 is 0.771 bits per heavy atom. The molecule has 3 aromatic rings. The molecule has 35 heavy (non-hydrogen) atoms. The van der Waals surface area contributed by atoms with Crippen LogP contribution in [0, 0.1) is 17.5 Å². The normalized spacial score (nSPS) is 14.0. The van der Waals surface area contributed by atoms with Crippen molar-refractivity contribution in [3.8, 4) is 11.5 Å². The van der Waals surface area contributed by atoms with E-state index in [1.165, 1.54) is 24.3 Å². The molecule has 0 fully saturated rings. The maximum atomic E-state index is 14.3. The molecule has 9 heteroatoms. The number of benzene rings is 3. The van der Waals surface area contributed by atoms with Gasteiger partial charge in [-0.05, 0) is 34.7 Å². The van der Waals surface area contributed by atoms with Gasteiger partial charge in [0.15, 0.2) is 17.4 Å². The number of alkyl halides is 3. The average molecular weight is 498 g/mol. The highest BCUT2D eigenvalue weighted by molar-refractivity contribution is 5.37. The van der Waals surface area contributed by atoms with E-state index in [9.17, 15) is 31.4 Å². The number of halogens is 6. The van der Waals surface area contributed by atoms with E-state index in [0.29, 0.717) is 0 Å². The quantitative estimate of drug-likeness (QED) is 0.278. The van der Waals surface area contributed by atoms with E-state index in [4.69, 9.17) is 9.47 Å². The van der Waals surface area contributed by atoms with Gasteiger partial charge in [0, 0.05) is 5.56 Å². The number of aliphatic hydroxyl groups is 1. The molecule has 3 rings (SSSR count). The minimum Gasteiger partial charge on any atom is -0.454 e. The summed E-state index contributed by atoms with van der Waals surface area (Å²) in [5, 5.41) is 10.5. The van der Waals surface area contributed by atoms with E-state index in [0.717, 1.165) is 23.8 Å². The summed E-state index contributed by atoms with van der Waals surface area (Å²) in [6, 6.07) is 13.7. The second-order valence-corrected chi connectivity index (χ2v) is 9.07. The summed E-state index contributed by atoms with van der Waals surface area (Å²) < 4.78 is 94.2. The Labute approximate surface area is 198 Å². The van der Waals surface area contributed by atoms with Crippen molar-refractivity contribution in [2.75, 3.05) is 6.61 Å². The summed E-state index contributed by atoms with van der Waals surface area (Å²) in [4.78, 5) is 0. The van der Waals surface area contributed by atoms with Gasteiger partial charge in [0.25, 0.3) is 0 Å². The first kappa shape index (κ1) is 26.6. The number of hydrogen-bond donors (Lipinski definition) is 1. The SMILES string of the molecule is CC(C)(C)c1ccc(C(O)(COCc2cc(Oc3ccccc3)c(F)c(F)c2F)C(F)(F)F)cc1. The summed E-state index contributed by atoms with van der Waals surface area (Å²) in [6.07, 6.45) is -5.13. The average Bonchev–Trinajstić information content (AvgIpc) is 2.80. The number of rotatable bonds is 7. The predicted molar refractivity (Wildman–Crippen MR) is 118 cm³/mol. The van der Waals surface area contributed by atoms with Gasteiger partial charge in [-0.25, -0.2) is 8.78 Å². The lowest BCUT2D eigenvalue weighted by atomic mass is 9.84. The van der Waals surface area contributed by atoms with Crippen LogP contribution in [0.5, 0.6) is 11.5 Å². The summed E-state index contributed by atoms with van der Waals surface area (Å²) in [7, 11) is 0. The number of ether oxygens (including phenoxy) is 2. The minimum absolute atomic E-state index is 0.134. The van der Waals surface area contributed by atoms with E-state index in [-0.39, 0.29) is 11.2 Å². The van der Waals surface area contributed by atoms with Gasteiger partial charge < -0.3 is 14.6 Å². The van der Waals surface area contributed by atoms with Crippen LogP contribution in [0.3, 0.4) is 0 Å². The van der Waals surface area contributed by atoms with Gasteiger partial charge in [0.2, 0.25) is 11.4 Å². The Bertz CT molecular complexity index is 1150. The molecule has 0 amide bonds. The van der Waals surface area contributed by atoms with Gasteiger partial charge in [-0.3, -0.25) is 0 Å². The lowest BCUT2D eigenvalue weighted by molar-refractivity contribution is -0.283. The Balaban J connectivity index is 1.83. The second-order valence-electron chi connectivity index (χ2n) is 9.07. The van der Waals surface area contributed by atoms with Crippen LogP contribution in [0.4, 0.5) is 26.3 Å². The van der Waals surface area contributed by atoms with E-state index in [1.807, 2.05) is 20.8 Å². The van der Waals surface area contributed by atoms with Crippen LogP contribution in [-0.2, 0) is 22.4 Å². The van der Waals surface area contributed by atoms with Crippen LogP contribution < -0.4 is 4.74 Å². The van der Waals surface area contributed by atoms with Crippen molar-refractivity contribution in [3.05, 3.63) is 94.8 Å². The molecule has 0 aliphatic carbocycles. The highest BCUT2D eigenvalue weighted by Gasteiger charge is 2.55. The lowest BCUT2D eigenvalue weighted by Gasteiger charge is -2.31. The van der Waals surface area contributed by atoms with Gasteiger partial charge >= 0.3 is 6.18 Å². The molecule has 0 spiro atoms. The standard InChI is InChI=1S/C26H24F6O3/c1-24(2,3)17-9-11-18(12-10-17)25(33,26(30,31)32)15-34-14-16-13-20(22(28)23(29)21(16)27)35-19-7-5-4-6-8-19/h4-13,33H,14-15H2,1-3H3. The van der Waals surface area contributed by atoms with Crippen molar-refractivity contribution in [3.63, 3.8) is 0 Å². The molecule has 0 aromatic heterocycles. The second kappa shape index (κ2) is 9.91. The third-order valence-electron chi connectivity index (χ3n) is 5.43. The molecule has 0 aliphatic heterocycles. The van der Waals surface area contributed by atoms with Crippen molar-refractivity contribution in [2.45, 2.75) is 44.6 Å². The zero-order valence-electron chi connectivity index (χ0n) is 19.2. The highest BCUT2D eigenvalue weighted by atomic mass is 19.4. The third kappa shape index (κ3) is 5.79. The molecule has 0 saturated heterocycles. The first-order valence-electron chi connectivity index (χ1n) is 10.6. The molecule has 3 nitrogen and oxygen atoms in total. The molecule has 0 aliphatic rings. The maximum absolute atomic E-state index is 14.3. The third-order valence-corrected chi connectivity index (χ3v) is 5.43. The first-order valence-corrected chi connectivity index (χ1v) is 10.6. The van der Waals surface area contributed by atoms with E-state index < -0.39 is 59.3 Å². The molecule has 1 N–H and O–H groups in total. The molecule has 188 valence electrons. The van der Waals surface area contributed by atoms with Crippen molar-refractivity contribution in [1.29, 1.82) is 0 Å². The molecule has 0 saturated carbocycles. The van der Waals surface area contributed by atoms with E-state index in [2.05, 4.69) is 0 Å². The molecular formula is C26H24F6O3. The molecular weight excluding hydrogens is 474 g/mol. The van der Waals surface area contributed by atoms with Crippen molar-refractivity contribution >= 4 is 0 Å². The van der Waals surface area contributed by atoms with Crippen molar-refractivity contribution in [1.82, 2.24) is 0 Å². The van der Waals surface area contributed by atoms with Crippen LogP contribution in [0.1, 0.15) is 37.5 Å².